The summed E-state index contributed by atoms with van der Waals surface area (Å²) in [6, 6.07) is 21.0. The van der Waals surface area contributed by atoms with Crippen LogP contribution in [0.3, 0.4) is 0 Å². The zero-order valence-electron chi connectivity index (χ0n) is 17.8. The van der Waals surface area contributed by atoms with Crippen molar-refractivity contribution in [3.8, 4) is 33.5 Å². The van der Waals surface area contributed by atoms with Crippen LogP contribution in [0.15, 0.2) is 89.0 Å². The molecule has 0 fully saturated rings. The Morgan fingerprint density at radius 1 is 1.09 bits per heavy atom. The van der Waals surface area contributed by atoms with Gasteiger partial charge in [0.1, 0.15) is 17.7 Å². The molecule has 3 aromatic heterocycles. The van der Waals surface area contributed by atoms with Crippen molar-refractivity contribution in [1.29, 1.82) is 0 Å². The summed E-state index contributed by atoms with van der Waals surface area (Å²) >= 11 is 1.55. The van der Waals surface area contributed by atoms with Crippen molar-refractivity contribution in [3.05, 3.63) is 95.8 Å². The molecular formula is C25H20N4O3S. The van der Waals surface area contributed by atoms with Crippen molar-refractivity contribution in [2.75, 3.05) is 7.11 Å². The number of aromatic nitrogens is 3. The summed E-state index contributed by atoms with van der Waals surface area (Å²) in [6.07, 6.45) is 3.29. The number of para-hydroxylation sites is 2. The highest BCUT2D eigenvalue weighted by Gasteiger charge is 2.21. The highest BCUT2D eigenvalue weighted by Crippen LogP contribution is 2.32. The van der Waals surface area contributed by atoms with E-state index >= 15 is 0 Å². The van der Waals surface area contributed by atoms with Gasteiger partial charge in [-0.1, -0.05) is 36.4 Å². The second-order valence-electron chi connectivity index (χ2n) is 7.18. The largest absolute Gasteiger partial charge is 0.496 e. The van der Waals surface area contributed by atoms with E-state index in [4.69, 9.17) is 14.3 Å². The molecule has 5 aromatic rings. The van der Waals surface area contributed by atoms with E-state index in [1.54, 1.807) is 35.6 Å². The SMILES string of the molecule is COc1ccccc1-c1nn(-c2ccccc2)cc1C(=O)NCc1coc(-c2cccs2)n1. The zero-order valence-corrected chi connectivity index (χ0v) is 18.6. The number of hydrogen-bond donors (Lipinski definition) is 1. The monoisotopic (exact) mass is 456 g/mol. The molecule has 7 nitrogen and oxygen atoms in total. The van der Waals surface area contributed by atoms with Crippen molar-refractivity contribution in [2.45, 2.75) is 6.54 Å². The van der Waals surface area contributed by atoms with Crippen molar-refractivity contribution < 1.29 is 13.9 Å². The van der Waals surface area contributed by atoms with Crippen LogP contribution in [0.2, 0.25) is 0 Å². The summed E-state index contributed by atoms with van der Waals surface area (Å²) in [4.78, 5) is 18.6. The lowest BCUT2D eigenvalue weighted by molar-refractivity contribution is 0.0951. The number of methoxy groups -OCH3 is 1. The fourth-order valence-corrected chi connectivity index (χ4v) is 4.12. The summed E-state index contributed by atoms with van der Waals surface area (Å²) < 4.78 is 12.8. The van der Waals surface area contributed by atoms with E-state index < -0.39 is 0 Å². The fraction of sp³-hybridized carbons (Fsp3) is 0.0800. The van der Waals surface area contributed by atoms with Crippen LogP contribution in [0.4, 0.5) is 0 Å². The smallest absolute Gasteiger partial charge is 0.255 e. The van der Waals surface area contributed by atoms with E-state index in [0.29, 0.717) is 28.6 Å². The summed E-state index contributed by atoms with van der Waals surface area (Å²) in [5.41, 5.74) is 3.20. The predicted octanol–water partition coefficient (Wildman–Crippen LogP) is 5.19. The molecule has 0 aliphatic rings. The van der Waals surface area contributed by atoms with Crippen molar-refractivity contribution in [1.82, 2.24) is 20.1 Å². The number of hydrogen-bond acceptors (Lipinski definition) is 6. The third-order valence-electron chi connectivity index (χ3n) is 5.06. The standard InChI is InChI=1S/C25H20N4O3S/c1-31-21-11-6-5-10-19(21)23-20(15-29(28-23)18-8-3-2-4-9-18)24(30)26-14-17-16-32-25(27-17)22-12-7-13-33-22/h2-13,15-16H,14H2,1H3,(H,26,30). The van der Waals surface area contributed by atoms with Gasteiger partial charge in [-0.05, 0) is 35.7 Å². The molecule has 0 aliphatic carbocycles. The van der Waals surface area contributed by atoms with Gasteiger partial charge in [-0.3, -0.25) is 4.79 Å². The average molecular weight is 457 g/mol. The van der Waals surface area contributed by atoms with Crippen LogP contribution in [0.5, 0.6) is 5.75 Å². The fourth-order valence-electron chi connectivity index (χ4n) is 3.46. The summed E-state index contributed by atoms with van der Waals surface area (Å²) in [7, 11) is 1.60. The third-order valence-corrected chi connectivity index (χ3v) is 5.91. The normalized spacial score (nSPS) is 10.8. The summed E-state index contributed by atoms with van der Waals surface area (Å²) in [5.74, 6) is 0.918. The maximum Gasteiger partial charge on any atom is 0.255 e. The molecule has 3 heterocycles. The number of nitrogens with zero attached hydrogens (tertiary/aromatic N) is 3. The van der Waals surface area contributed by atoms with Crippen LogP contribution in [0.25, 0.3) is 27.7 Å². The first-order valence-electron chi connectivity index (χ1n) is 10.3. The number of rotatable bonds is 7. The average Bonchev–Trinajstić information content (AvgIpc) is 3.63. The Bertz CT molecular complexity index is 1370. The second-order valence-corrected chi connectivity index (χ2v) is 8.12. The molecule has 1 N–H and O–H groups in total. The number of nitrogens with one attached hydrogen (secondary N) is 1. The lowest BCUT2D eigenvalue weighted by Crippen LogP contribution is -2.23. The molecule has 0 bridgehead atoms. The topological polar surface area (TPSA) is 82.2 Å². The number of benzene rings is 2. The lowest BCUT2D eigenvalue weighted by atomic mass is 10.1. The van der Waals surface area contributed by atoms with Gasteiger partial charge in [0, 0.05) is 11.8 Å². The Hall–Kier alpha value is -4.17. The van der Waals surface area contributed by atoms with Crippen molar-refractivity contribution in [3.63, 3.8) is 0 Å². The van der Waals surface area contributed by atoms with E-state index in [0.717, 1.165) is 16.1 Å². The molecule has 0 unspecified atom stereocenters. The van der Waals surface area contributed by atoms with Crippen LogP contribution >= 0.6 is 11.3 Å². The summed E-state index contributed by atoms with van der Waals surface area (Å²) in [6.45, 7) is 0.232. The highest BCUT2D eigenvalue weighted by atomic mass is 32.1. The van der Waals surface area contributed by atoms with Gasteiger partial charge in [0.25, 0.3) is 5.91 Å². The van der Waals surface area contributed by atoms with E-state index in [9.17, 15) is 4.79 Å². The van der Waals surface area contributed by atoms with Gasteiger partial charge < -0.3 is 14.5 Å². The van der Waals surface area contributed by atoms with E-state index in [1.807, 2.05) is 72.1 Å². The molecule has 164 valence electrons. The molecule has 0 aliphatic heterocycles. The quantitative estimate of drug-likeness (QED) is 0.364. The van der Waals surface area contributed by atoms with E-state index in [1.165, 1.54) is 0 Å². The van der Waals surface area contributed by atoms with Crippen LogP contribution < -0.4 is 10.1 Å². The number of thiophene rings is 1. The van der Waals surface area contributed by atoms with Gasteiger partial charge in [-0.15, -0.1) is 11.3 Å². The maximum absolute atomic E-state index is 13.2. The van der Waals surface area contributed by atoms with E-state index in [-0.39, 0.29) is 12.5 Å². The van der Waals surface area contributed by atoms with Crippen LogP contribution in [-0.4, -0.2) is 27.8 Å². The molecule has 2 aromatic carbocycles. The Morgan fingerprint density at radius 2 is 1.91 bits per heavy atom. The summed E-state index contributed by atoms with van der Waals surface area (Å²) in [5, 5.41) is 9.61. The minimum absolute atomic E-state index is 0.232. The molecular weight excluding hydrogens is 436 g/mol. The molecule has 0 radical (unpaired) electrons. The van der Waals surface area contributed by atoms with Gasteiger partial charge in [-0.25, -0.2) is 9.67 Å². The molecule has 0 saturated heterocycles. The number of carbonyl (C=O) groups excluding carboxylic acids is 1. The molecule has 0 atom stereocenters. The Kier molecular flexibility index (Phi) is 5.73. The lowest BCUT2D eigenvalue weighted by Gasteiger charge is -2.08. The number of carbonyl (C=O) groups is 1. The van der Waals surface area contributed by atoms with Gasteiger partial charge in [0.2, 0.25) is 5.89 Å². The third kappa shape index (κ3) is 4.28. The number of oxazole rings is 1. The number of ether oxygens (including phenoxy) is 1. The Balaban J connectivity index is 1.44. The van der Waals surface area contributed by atoms with Crippen LogP contribution in [0.1, 0.15) is 16.1 Å². The second kappa shape index (κ2) is 9.13. The number of amides is 1. The maximum atomic E-state index is 13.2. The first kappa shape index (κ1) is 20.7. The predicted molar refractivity (Wildman–Crippen MR) is 127 cm³/mol. The molecule has 0 spiro atoms. The van der Waals surface area contributed by atoms with E-state index in [2.05, 4.69) is 10.3 Å². The molecule has 33 heavy (non-hydrogen) atoms. The Morgan fingerprint density at radius 3 is 2.70 bits per heavy atom. The Labute approximate surface area is 194 Å². The first-order valence-corrected chi connectivity index (χ1v) is 11.2. The van der Waals surface area contributed by atoms with Crippen molar-refractivity contribution >= 4 is 17.2 Å². The highest BCUT2D eigenvalue weighted by molar-refractivity contribution is 7.13. The zero-order chi connectivity index (χ0) is 22.6. The van der Waals surface area contributed by atoms with Crippen LogP contribution in [0, 0.1) is 0 Å². The molecule has 1 amide bonds. The molecule has 5 rings (SSSR count). The molecule has 0 saturated carbocycles. The van der Waals surface area contributed by atoms with Crippen LogP contribution in [-0.2, 0) is 6.54 Å². The van der Waals surface area contributed by atoms with Gasteiger partial charge in [0.05, 0.1) is 35.5 Å². The van der Waals surface area contributed by atoms with Gasteiger partial charge in [0.15, 0.2) is 0 Å². The van der Waals surface area contributed by atoms with Crippen molar-refractivity contribution in [2.24, 2.45) is 0 Å². The molecule has 8 heteroatoms. The first-order chi connectivity index (χ1) is 16.2. The minimum Gasteiger partial charge on any atom is -0.496 e. The minimum atomic E-state index is -0.265. The van der Waals surface area contributed by atoms with Gasteiger partial charge in [-0.2, -0.15) is 5.10 Å². The van der Waals surface area contributed by atoms with Gasteiger partial charge >= 0.3 is 0 Å².